The Morgan fingerprint density at radius 3 is 3.00 bits per heavy atom. The highest BCUT2D eigenvalue weighted by Gasteiger charge is 2.46. The Morgan fingerprint density at radius 2 is 2.31 bits per heavy atom. The van der Waals surface area contributed by atoms with Crippen molar-refractivity contribution in [2.24, 2.45) is 17.0 Å². The van der Waals surface area contributed by atoms with Crippen LogP contribution in [0.2, 0.25) is 0 Å². The van der Waals surface area contributed by atoms with E-state index in [1.54, 1.807) is 23.1 Å². The number of rotatable bonds is 2. The third-order valence-corrected chi connectivity index (χ3v) is 5.80. The predicted molar refractivity (Wildman–Crippen MR) is 64.3 cm³/mol. The van der Waals surface area contributed by atoms with Crippen molar-refractivity contribution < 1.29 is 5.21 Å². The lowest BCUT2D eigenvalue weighted by molar-refractivity contribution is 0.314. The van der Waals surface area contributed by atoms with Gasteiger partial charge in [0.2, 0.25) is 0 Å². The van der Waals surface area contributed by atoms with Gasteiger partial charge in [0.05, 0.1) is 11.0 Å². The Labute approximate surface area is 102 Å². The van der Waals surface area contributed by atoms with E-state index in [0.29, 0.717) is 17.1 Å². The maximum Gasteiger partial charge on any atom is 0.174 e. The van der Waals surface area contributed by atoms with Crippen LogP contribution in [0.1, 0.15) is 24.3 Å². The van der Waals surface area contributed by atoms with Crippen LogP contribution in [0.4, 0.5) is 0 Å². The van der Waals surface area contributed by atoms with Crippen LogP contribution in [0.5, 0.6) is 0 Å². The van der Waals surface area contributed by atoms with Crippen LogP contribution in [0.25, 0.3) is 0 Å². The van der Waals surface area contributed by atoms with E-state index in [9.17, 15) is 0 Å². The first-order valence-corrected chi connectivity index (χ1v) is 7.16. The van der Waals surface area contributed by atoms with E-state index in [0.717, 1.165) is 15.1 Å². The molecule has 2 aliphatic rings. The Bertz CT molecular complexity index is 431. The molecule has 1 heterocycles. The predicted octanol–water partition coefficient (Wildman–Crippen LogP) is 2.57. The lowest BCUT2D eigenvalue weighted by atomic mass is 9.98. The molecule has 0 spiro atoms. The summed E-state index contributed by atoms with van der Waals surface area (Å²) >= 11 is 3.34. The molecule has 0 radical (unpaired) electrons. The van der Waals surface area contributed by atoms with Gasteiger partial charge >= 0.3 is 0 Å². The monoisotopic (exact) mass is 255 g/mol. The first-order valence-electron chi connectivity index (χ1n) is 5.46. The molecule has 1 N–H and O–H groups in total. The third kappa shape index (κ3) is 1.64. The van der Waals surface area contributed by atoms with Crippen LogP contribution in [-0.4, -0.2) is 26.4 Å². The topological polar surface area (TPSA) is 58.4 Å². The molecule has 0 saturated heterocycles. The summed E-state index contributed by atoms with van der Waals surface area (Å²) in [5.41, 5.74) is 0.981. The molecule has 2 aliphatic carbocycles. The van der Waals surface area contributed by atoms with Crippen molar-refractivity contribution in [1.29, 1.82) is 0 Å². The molecule has 2 bridgehead atoms. The molecule has 0 unspecified atom stereocenters. The molecular weight excluding hydrogens is 242 g/mol. The Hall–Kier alpha value is -0.620. The van der Waals surface area contributed by atoms with Crippen LogP contribution >= 0.6 is 23.1 Å². The summed E-state index contributed by atoms with van der Waals surface area (Å²) in [5.74, 6) is 1.19. The fourth-order valence-electron chi connectivity index (χ4n) is 2.76. The smallest absolute Gasteiger partial charge is 0.174 e. The van der Waals surface area contributed by atoms with E-state index in [4.69, 9.17) is 5.21 Å². The number of oxime groups is 1. The lowest BCUT2D eigenvalue weighted by Gasteiger charge is -2.20. The van der Waals surface area contributed by atoms with Crippen molar-refractivity contribution >= 4 is 28.8 Å². The van der Waals surface area contributed by atoms with E-state index < -0.39 is 0 Å². The highest BCUT2D eigenvalue weighted by atomic mass is 32.2. The highest BCUT2D eigenvalue weighted by molar-refractivity contribution is 8.02. The van der Waals surface area contributed by atoms with Gasteiger partial charge in [0.25, 0.3) is 0 Å². The maximum absolute atomic E-state index is 9.08. The molecular formula is C10H13N3OS2. The molecule has 1 aromatic heterocycles. The molecule has 3 atom stereocenters. The van der Waals surface area contributed by atoms with E-state index in [-0.39, 0.29) is 0 Å². The standard InChI is InChI=1S/C10H13N3OS2/c1-5-11-12-10(15-5)16-9-7-3-2-6(4-7)8(9)13-14/h6-7,9,14H,2-4H2,1H3/b13-8+/t6-,7+,9+/m0/s1. The molecule has 4 nitrogen and oxygen atoms in total. The van der Waals surface area contributed by atoms with Crippen molar-refractivity contribution in [3.8, 4) is 0 Å². The van der Waals surface area contributed by atoms with Crippen molar-refractivity contribution in [3.63, 3.8) is 0 Å². The van der Waals surface area contributed by atoms with E-state index in [1.165, 1.54) is 19.3 Å². The fraction of sp³-hybridized carbons (Fsp3) is 0.700. The van der Waals surface area contributed by atoms with Gasteiger partial charge in [-0.2, -0.15) is 0 Å². The maximum atomic E-state index is 9.08. The number of nitrogens with zero attached hydrogens (tertiary/aromatic N) is 3. The molecule has 6 heteroatoms. The molecule has 0 aliphatic heterocycles. The van der Waals surface area contributed by atoms with Crippen LogP contribution < -0.4 is 0 Å². The molecule has 0 aromatic carbocycles. The third-order valence-electron chi connectivity index (χ3n) is 3.46. The summed E-state index contributed by atoms with van der Waals surface area (Å²) in [4.78, 5) is 0. The van der Waals surface area contributed by atoms with Crippen LogP contribution in [-0.2, 0) is 0 Å². The van der Waals surface area contributed by atoms with Crippen LogP contribution in [0.3, 0.4) is 0 Å². The average molecular weight is 255 g/mol. The summed E-state index contributed by atoms with van der Waals surface area (Å²) < 4.78 is 0.996. The van der Waals surface area contributed by atoms with Crippen molar-refractivity contribution in [1.82, 2.24) is 10.2 Å². The van der Waals surface area contributed by atoms with Gasteiger partial charge in [0.1, 0.15) is 5.01 Å². The van der Waals surface area contributed by atoms with Gasteiger partial charge in [0, 0.05) is 5.92 Å². The molecule has 1 aromatic rings. The van der Waals surface area contributed by atoms with Gasteiger partial charge in [-0.05, 0) is 32.1 Å². The Kier molecular flexibility index (Phi) is 2.63. The minimum atomic E-state index is 0.330. The molecule has 2 saturated carbocycles. The van der Waals surface area contributed by atoms with Crippen molar-refractivity contribution in [3.05, 3.63) is 5.01 Å². The van der Waals surface area contributed by atoms with E-state index in [1.807, 2.05) is 6.92 Å². The fourth-order valence-corrected chi connectivity index (χ4v) is 5.15. The summed E-state index contributed by atoms with van der Waals surface area (Å²) in [6, 6.07) is 0. The molecule has 0 amide bonds. The average Bonchev–Trinajstić information content (AvgIpc) is 2.94. The second kappa shape index (κ2) is 4.00. The summed E-state index contributed by atoms with van der Waals surface area (Å²) in [6.07, 6.45) is 3.64. The van der Waals surface area contributed by atoms with Crippen molar-refractivity contribution in [2.45, 2.75) is 35.8 Å². The zero-order valence-electron chi connectivity index (χ0n) is 8.96. The normalized spacial score (nSPS) is 35.1. The number of thioether (sulfide) groups is 1. The Balaban J connectivity index is 1.80. The number of hydrogen-bond acceptors (Lipinski definition) is 6. The van der Waals surface area contributed by atoms with Crippen LogP contribution in [0, 0.1) is 18.8 Å². The highest BCUT2D eigenvalue weighted by Crippen LogP contribution is 2.49. The Morgan fingerprint density at radius 1 is 1.44 bits per heavy atom. The number of aryl methyl sites for hydroxylation is 1. The second-order valence-electron chi connectivity index (χ2n) is 4.42. The van der Waals surface area contributed by atoms with Crippen molar-refractivity contribution in [2.75, 3.05) is 0 Å². The largest absolute Gasteiger partial charge is 0.411 e. The second-order valence-corrected chi connectivity index (χ2v) is 6.99. The van der Waals surface area contributed by atoms with Gasteiger partial charge in [-0.3, -0.25) is 0 Å². The van der Waals surface area contributed by atoms with Gasteiger partial charge in [0.15, 0.2) is 4.34 Å². The quantitative estimate of drug-likeness (QED) is 0.652. The van der Waals surface area contributed by atoms with Crippen LogP contribution in [0.15, 0.2) is 9.50 Å². The molecule has 16 heavy (non-hydrogen) atoms. The number of hydrogen-bond donors (Lipinski definition) is 1. The molecule has 3 rings (SSSR count). The minimum absolute atomic E-state index is 0.330. The van der Waals surface area contributed by atoms with Gasteiger partial charge in [-0.15, -0.1) is 10.2 Å². The van der Waals surface area contributed by atoms with Gasteiger partial charge in [-0.25, -0.2) is 0 Å². The SMILES string of the molecule is Cc1nnc(S[C@H]2/C(=N/O)[C@H]3CC[C@@H]2C3)s1. The first-order chi connectivity index (χ1) is 7.78. The molecule has 86 valence electrons. The summed E-state index contributed by atoms with van der Waals surface area (Å²) in [6.45, 7) is 1.96. The molecule has 2 fully saturated rings. The summed E-state index contributed by atoms with van der Waals surface area (Å²) in [7, 11) is 0. The minimum Gasteiger partial charge on any atom is -0.411 e. The lowest BCUT2D eigenvalue weighted by Crippen LogP contribution is -2.24. The van der Waals surface area contributed by atoms with E-state index in [2.05, 4.69) is 15.4 Å². The zero-order chi connectivity index (χ0) is 11.1. The zero-order valence-corrected chi connectivity index (χ0v) is 10.6. The summed E-state index contributed by atoms with van der Waals surface area (Å²) in [5, 5.41) is 22.1. The van der Waals surface area contributed by atoms with Gasteiger partial charge < -0.3 is 5.21 Å². The number of fused-ring (bicyclic) bond motifs is 2. The first kappa shape index (κ1) is 10.5. The van der Waals surface area contributed by atoms with E-state index >= 15 is 0 Å². The number of aromatic nitrogens is 2. The van der Waals surface area contributed by atoms with Gasteiger partial charge in [-0.1, -0.05) is 28.3 Å².